The molecule has 0 saturated carbocycles. The van der Waals surface area contributed by atoms with Crippen LogP contribution in [0.4, 0.5) is 30.7 Å². The molecule has 0 aromatic heterocycles. The lowest BCUT2D eigenvalue weighted by Crippen LogP contribution is -2.25. The lowest BCUT2D eigenvalue weighted by atomic mass is 9.98. The highest BCUT2D eigenvalue weighted by Crippen LogP contribution is 2.38. The third kappa shape index (κ3) is 3.98. The summed E-state index contributed by atoms with van der Waals surface area (Å²) in [5.74, 6) is -9.34. The van der Waals surface area contributed by atoms with Gasteiger partial charge >= 0.3 is 6.11 Å². The second-order valence-corrected chi connectivity index (χ2v) is 7.63. The molecule has 1 aliphatic rings. The summed E-state index contributed by atoms with van der Waals surface area (Å²) < 4.78 is 102. The van der Waals surface area contributed by atoms with Crippen LogP contribution >= 0.6 is 0 Å². The maximum absolute atomic E-state index is 14.5. The van der Waals surface area contributed by atoms with Crippen LogP contribution in [0, 0.1) is 35.0 Å². The van der Waals surface area contributed by atoms with Crippen LogP contribution in [-0.2, 0) is 19.0 Å². The van der Waals surface area contributed by atoms with Gasteiger partial charge in [-0.1, -0.05) is 25.1 Å². The minimum absolute atomic E-state index is 0.0516. The van der Waals surface area contributed by atoms with Crippen LogP contribution < -0.4 is 4.74 Å². The first-order valence-corrected chi connectivity index (χ1v) is 9.38. The SMILES string of the molecule is CC1Cc2ccc(-c3cc(F)c(C(F)(F)Oc4cc(F)c(F)c(F)c4)c(F)c3)cc2C1. The molecular weight excluding hydrogens is 425 g/mol. The van der Waals surface area contributed by atoms with Crippen molar-refractivity contribution in [1.29, 1.82) is 0 Å². The van der Waals surface area contributed by atoms with Crippen molar-refractivity contribution in [2.75, 3.05) is 0 Å². The number of hydrogen-bond acceptors (Lipinski definition) is 1. The zero-order valence-corrected chi connectivity index (χ0v) is 16.1. The van der Waals surface area contributed by atoms with Gasteiger partial charge in [-0.15, -0.1) is 0 Å². The van der Waals surface area contributed by atoms with Crippen molar-refractivity contribution in [3.8, 4) is 16.9 Å². The summed E-state index contributed by atoms with van der Waals surface area (Å²) in [5.41, 5.74) is 0.951. The number of hydrogen-bond donors (Lipinski definition) is 0. The van der Waals surface area contributed by atoms with Crippen LogP contribution in [-0.4, -0.2) is 0 Å². The third-order valence-electron chi connectivity index (χ3n) is 5.21. The van der Waals surface area contributed by atoms with E-state index in [0.29, 0.717) is 11.5 Å². The highest BCUT2D eigenvalue weighted by atomic mass is 19.3. The van der Waals surface area contributed by atoms with E-state index >= 15 is 0 Å². The predicted octanol–water partition coefficient (Wildman–Crippen LogP) is 6.91. The van der Waals surface area contributed by atoms with E-state index in [4.69, 9.17) is 0 Å². The Balaban J connectivity index is 1.68. The normalized spacial score (nSPS) is 15.8. The fourth-order valence-corrected chi connectivity index (χ4v) is 3.83. The molecule has 0 heterocycles. The van der Waals surface area contributed by atoms with Crippen molar-refractivity contribution >= 4 is 0 Å². The van der Waals surface area contributed by atoms with Gasteiger partial charge in [-0.3, -0.25) is 0 Å². The van der Waals surface area contributed by atoms with Gasteiger partial charge < -0.3 is 4.74 Å². The van der Waals surface area contributed by atoms with Crippen LogP contribution in [0.1, 0.15) is 23.6 Å². The largest absolute Gasteiger partial charge is 0.432 e. The lowest BCUT2D eigenvalue weighted by Gasteiger charge is -2.20. The van der Waals surface area contributed by atoms with Gasteiger partial charge in [0.05, 0.1) is 0 Å². The summed E-state index contributed by atoms with van der Waals surface area (Å²) >= 11 is 0. The van der Waals surface area contributed by atoms with Crippen LogP contribution in [0.3, 0.4) is 0 Å². The predicted molar refractivity (Wildman–Crippen MR) is 99.2 cm³/mol. The maximum Gasteiger partial charge on any atom is 0.432 e. The number of rotatable bonds is 4. The first-order chi connectivity index (χ1) is 14.5. The van der Waals surface area contributed by atoms with Crippen molar-refractivity contribution in [3.05, 3.63) is 88.2 Å². The molecule has 3 aromatic rings. The van der Waals surface area contributed by atoms with Crippen LogP contribution in [0.2, 0.25) is 0 Å². The van der Waals surface area contributed by atoms with Crippen molar-refractivity contribution < 1.29 is 35.5 Å². The molecule has 8 heteroatoms. The zero-order valence-electron chi connectivity index (χ0n) is 16.1. The van der Waals surface area contributed by atoms with E-state index in [1.165, 1.54) is 0 Å². The van der Waals surface area contributed by atoms with Gasteiger partial charge in [-0.2, -0.15) is 8.78 Å². The molecule has 0 amide bonds. The second kappa shape index (κ2) is 7.59. The molecule has 0 saturated heterocycles. The molecule has 3 aromatic carbocycles. The first-order valence-electron chi connectivity index (χ1n) is 9.38. The Morgan fingerprint density at radius 3 is 1.94 bits per heavy atom. The molecule has 0 spiro atoms. The number of alkyl halides is 2. The molecule has 1 aliphatic carbocycles. The van der Waals surface area contributed by atoms with E-state index in [-0.39, 0.29) is 17.7 Å². The maximum atomic E-state index is 14.5. The van der Waals surface area contributed by atoms with Crippen molar-refractivity contribution in [1.82, 2.24) is 0 Å². The number of benzene rings is 3. The van der Waals surface area contributed by atoms with Crippen LogP contribution in [0.25, 0.3) is 11.1 Å². The Morgan fingerprint density at radius 1 is 0.742 bits per heavy atom. The topological polar surface area (TPSA) is 9.23 Å². The standard InChI is InChI=1S/C23H15F7O/c1-11-4-12-2-3-13(6-14(12)5-11)15-7-17(24)21(18(25)8-15)23(29,30)31-16-9-19(26)22(28)20(27)10-16/h2-3,6-11H,4-5H2,1H3. The van der Waals surface area contributed by atoms with E-state index in [2.05, 4.69) is 11.7 Å². The molecule has 0 bridgehead atoms. The van der Waals surface area contributed by atoms with Gasteiger partial charge in [0.25, 0.3) is 0 Å². The quantitative estimate of drug-likeness (QED) is 0.316. The van der Waals surface area contributed by atoms with Gasteiger partial charge in [0.15, 0.2) is 17.5 Å². The molecule has 0 radical (unpaired) electrons. The van der Waals surface area contributed by atoms with E-state index in [1.54, 1.807) is 12.1 Å². The summed E-state index contributed by atoms with van der Waals surface area (Å²) in [5, 5.41) is 0. The zero-order chi connectivity index (χ0) is 22.5. The van der Waals surface area contributed by atoms with Gasteiger partial charge in [-0.25, -0.2) is 22.0 Å². The van der Waals surface area contributed by atoms with Crippen molar-refractivity contribution in [2.24, 2.45) is 5.92 Å². The average molecular weight is 440 g/mol. The van der Waals surface area contributed by atoms with Gasteiger partial charge in [0.1, 0.15) is 22.9 Å². The monoisotopic (exact) mass is 440 g/mol. The molecule has 1 unspecified atom stereocenters. The highest BCUT2D eigenvalue weighted by molar-refractivity contribution is 5.66. The minimum Gasteiger partial charge on any atom is -0.429 e. The Hall–Kier alpha value is -3.03. The summed E-state index contributed by atoms with van der Waals surface area (Å²) in [7, 11) is 0. The number of ether oxygens (including phenoxy) is 1. The van der Waals surface area contributed by atoms with E-state index in [9.17, 15) is 30.7 Å². The van der Waals surface area contributed by atoms with Crippen LogP contribution in [0.15, 0.2) is 42.5 Å². The smallest absolute Gasteiger partial charge is 0.429 e. The lowest BCUT2D eigenvalue weighted by molar-refractivity contribution is -0.189. The Labute approximate surface area is 173 Å². The Kier molecular flexibility index (Phi) is 5.19. The minimum atomic E-state index is -4.61. The van der Waals surface area contributed by atoms with E-state index in [0.717, 1.165) is 36.1 Å². The van der Waals surface area contributed by atoms with Gasteiger partial charge in [0, 0.05) is 12.1 Å². The first kappa shape index (κ1) is 21.2. The molecule has 4 rings (SSSR count). The van der Waals surface area contributed by atoms with Gasteiger partial charge in [-0.05, 0) is 53.1 Å². The Morgan fingerprint density at radius 2 is 1.32 bits per heavy atom. The highest BCUT2D eigenvalue weighted by Gasteiger charge is 2.41. The summed E-state index contributed by atoms with van der Waals surface area (Å²) in [6.45, 7) is 2.08. The molecule has 0 aliphatic heterocycles. The fourth-order valence-electron chi connectivity index (χ4n) is 3.83. The van der Waals surface area contributed by atoms with E-state index in [1.807, 2.05) is 6.07 Å². The molecule has 1 atom stereocenters. The molecule has 31 heavy (non-hydrogen) atoms. The third-order valence-corrected chi connectivity index (χ3v) is 5.21. The summed E-state index contributed by atoms with van der Waals surface area (Å²) in [6.07, 6.45) is -2.91. The number of fused-ring (bicyclic) bond motifs is 1. The molecular formula is C23H15F7O. The summed E-state index contributed by atoms with van der Waals surface area (Å²) in [4.78, 5) is 0. The molecule has 0 N–H and O–H groups in total. The van der Waals surface area contributed by atoms with Crippen LogP contribution in [0.5, 0.6) is 5.75 Å². The fraction of sp³-hybridized carbons (Fsp3) is 0.217. The Bertz CT molecular complexity index is 1130. The molecule has 0 fully saturated rings. The number of halogens is 7. The van der Waals surface area contributed by atoms with Gasteiger partial charge in [0.2, 0.25) is 0 Å². The second-order valence-electron chi connectivity index (χ2n) is 7.63. The van der Waals surface area contributed by atoms with E-state index < -0.39 is 46.5 Å². The molecule has 1 nitrogen and oxygen atoms in total. The van der Waals surface area contributed by atoms with Crippen molar-refractivity contribution in [3.63, 3.8) is 0 Å². The van der Waals surface area contributed by atoms with Crippen molar-refractivity contribution in [2.45, 2.75) is 25.9 Å². The molecule has 162 valence electrons. The summed E-state index contributed by atoms with van der Waals surface area (Å²) in [6, 6.07) is 7.05. The average Bonchev–Trinajstić information content (AvgIpc) is 3.04.